The van der Waals surface area contributed by atoms with Crippen LogP contribution in [0.25, 0.3) is 17.7 Å². The van der Waals surface area contributed by atoms with Crippen molar-refractivity contribution in [3.63, 3.8) is 0 Å². The molecule has 15 heteroatoms. The number of hydrogen-bond donors (Lipinski definition) is 5. The van der Waals surface area contributed by atoms with E-state index in [1.807, 2.05) is 6.92 Å². The van der Waals surface area contributed by atoms with Crippen molar-refractivity contribution in [2.75, 3.05) is 26.7 Å². The molecule has 4 saturated carbocycles. The fourth-order valence-electron chi connectivity index (χ4n) is 16.4. The number of halogens is 1. The molecule has 0 bridgehead atoms. The van der Waals surface area contributed by atoms with Crippen molar-refractivity contribution in [2.24, 2.45) is 34.5 Å². The van der Waals surface area contributed by atoms with Crippen LogP contribution >= 0.6 is 12.4 Å². The first-order valence-electron chi connectivity index (χ1n) is 28.9. The van der Waals surface area contributed by atoms with Crippen LogP contribution in [0.1, 0.15) is 147 Å². The fraction of sp³-hybridized carbons (Fsp3) is 0.694. The van der Waals surface area contributed by atoms with Gasteiger partial charge in [0.05, 0.1) is 48.3 Å². The number of rotatable bonds is 7. The first-order chi connectivity index (χ1) is 36.4. The van der Waals surface area contributed by atoms with E-state index in [1.165, 1.54) is 40.7 Å². The maximum atomic E-state index is 12.6. The summed E-state index contributed by atoms with van der Waals surface area (Å²) in [6.45, 7) is 12.7. The molecule has 424 valence electrons. The molecule has 0 radical (unpaired) electrons. The lowest BCUT2D eigenvalue weighted by molar-refractivity contribution is -0.336. The molecule has 5 N–H and O–H groups in total. The third-order valence-electron chi connectivity index (χ3n) is 20.7. The quantitative estimate of drug-likeness (QED) is 0.112. The van der Waals surface area contributed by atoms with E-state index < -0.39 is 79.4 Å². The van der Waals surface area contributed by atoms with Gasteiger partial charge >= 0.3 is 5.97 Å². The van der Waals surface area contributed by atoms with Gasteiger partial charge in [0, 0.05) is 43.8 Å². The van der Waals surface area contributed by atoms with E-state index in [0.29, 0.717) is 18.4 Å². The van der Waals surface area contributed by atoms with E-state index in [4.69, 9.17) is 33.2 Å². The first-order valence-corrected chi connectivity index (χ1v) is 28.9. The molecule has 8 fully saturated rings. The van der Waals surface area contributed by atoms with Gasteiger partial charge in [0.1, 0.15) is 24.9 Å². The zero-order chi connectivity index (χ0) is 53.3. The molecule has 5 aliphatic heterocycles. The molecule has 14 nitrogen and oxygen atoms in total. The normalized spacial score (nSPS) is 43.6. The number of carbonyl (C=O) groups excluding carboxylic acids is 1. The van der Waals surface area contributed by atoms with Gasteiger partial charge in [-0.1, -0.05) is 80.1 Å². The van der Waals surface area contributed by atoms with E-state index in [2.05, 4.69) is 86.5 Å². The van der Waals surface area contributed by atoms with E-state index >= 15 is 0 Å². The molecule has 5 heterocycles. The van der Waals surface area contributed by atoms with Gasteiger partial charge in [-0.15, -0.1) is 12.4 Å². The van der Waals surface area contributed by atoms with Crippen LogP contribution in [0.4, 0.5) is 0 Å². The van der Waals surface area contributed by atoms with Crippen molar-refractivity contribution in [1.82, 2.24) is 4.90 Å². The lowest BCUT2D eigenvalue weighted by Crippen LogP contribution is -2.62. The summed E-state index contributed by atoms with van der Waals surface area (Å²) < 4.78 is 42.2. The topological polar surface area (TPSA) is 186 Å². The third-order valence-corrected chi connectivity index (χ3v) is 20.7. The van der Waals surface area contributed by atoms with Gasteiger partial charge in [0.15, 0.2) is 18.9 Å². The van der Waals surface area contributed by atoms with E-state index in [1.54, 1.807) is 25.5 Å². The number of carbonyl (C=O) groups is 1. The average Bonchev–Trinajstić information content (AvgIpc) is 3.94. The SMILES string of the molecule is CN1CCC(=C2c3ccccc3C=Cc3ccccc32)CC1.C[C@H]1O[C@@H](O[C@H]2[C@@H](O)C[C@H](O[C@H]3[C@@H](O)C[C@H](O[C@H]4CC[C@@]5(C)[C@H](CC[C@@H]6[C@@H]5CC[C@]5(C)[C@@H](C7=CC(=O)OC7)CC[C@]65O)C4)O[C@@H]3C)O[C@@H]2C)C[C@H](O)[C@@H]1O.Cl. The Morgan fingerprint density at radius 3 is 1.79 bits per heavy atom. The number of benzene rings is 2. The summed E-state index contributed by atoms with van der Waals surface area (Å²) in [7, 11) is 2.22. The summed E-state index contributed by atoms with van der Waals surface area (Å²) in [5, 5.41) is 55.0. The number of fused-ring (bicyclic) bond motifs is 7. The number of nitrogens with zero attached hydrogens (tertiary/aromatic N) is 1. The molecule has 0 amide bonds. The monoisotopic (exact) mass is 1090 g/mol. The van der Waals surface area contributed by atoms with Crippen LogP contribution in [-0.4, -0.2) is 149 Å². The molecule has 0 unspecified atom stereocenters. The molecule has 5 aliphatic carbocycles. The maximum Gasteiger partial charge on any atom is 0.331 e. The Morgan fingerprint density at radius 2 is 1.22 bits per heavy atom. The Balaban J connectivity index is 0.000000243. The Morgan fingerprint density at radius 1 is 0.649 bits per heavy atom. The molecule has 0 aromatic heterocycles. The van der Waals surface area contributed by atoms with Crippen molar-refractivity contribution in [1.29, 1.82) is 0 Å². The van der Waals surface area contributed by atoms with Crippen molar-refractivity contribution in [3.8, 4) is 0 Å². The second kappa shape index (κ2) is 23.1. The minimum atomic E-state index is -0.996. The number of hydrogen-bond acceptors (Lipinski definition) is 14. The third kappa shape index (κ3) is 11.0. The molecule has 20 atom stereocenters. The Labute approximate surface area is 461 Å². The summed E-state index contributed by atoms with van der Waals surface area (Å²) in [4.78, 5) is 14.4. The van der Waals surface area contributed by atoms with Gasteiger partial charge in [-0.25, -0.2) is 4.79 Å². The Bertz CT molecular complexity index is 2420. The number of cyclic esters (lactones) is 1. The summed E-state index contributed by atoms with van der Waals surface area (Å²) in [5.41, 5.74) is 8.75. The van der Waals surface area contributed by atoms with Crippen LogP contribution in [0.3, 0.4) is 0 Å². The van der Waals surface area contributed by atoms with Crippen LogP contribution in [0.2, 0.25) is 0 Å². The molecule has 0 spiro atoms. The molecule has 12 rings (SSSR count). The zero-order valence-corrected chi connectivity index (χ0v) is 46.9. The lowest BCUT2D eigenvalue weighted by Gasteiger charge is -2.64. The van der Waals surface area contributed by atoms with Gasteiger partial charge < -0.3 is 63.6 Å². The summed E-state index contributed by atoms with van der Waals surface area (Å²) >= 11 is 0. The molecule has 77 heavy (non-hydrogen) atoms. The summed E-state index contributed by atoms with van der Waals surface area (Å²) in [6.07, 6.45) is 8.78. The number of piperidine rings is 1. The first kappa shape index (κ1) is 57.2. The predicted molar refractivity (Wildman–Crippen MR) is 293 cm³/mol. The van der Waals surface area contributed by atoms with Crippen molar-refractivity contribution < 1.29 is 63.5 Å². The van der Waals surface area contributed by atoms with Gasteiger partial charge in [-0.05, 0) is 161 Å². The Hall–Kier alpha value is -3.06. The van der Waals surface area contributed by atoms with E-state index in [9.17, 15) is 30.3 Å². The second-order valence-corrected chi connectivity index (χ2v) is 25.0. The number of likely N-dealkylation sites (tertiary alicyclic amines) is 1. The van der Waals surface area contributed by atoms with Crippen molar-refractivity contribution >= 4 is 36.1 Å². The number of aliphatic hydroxyl groups excluding tert-OH is 4. The van der Waals surface area contributed by atoms with Crippen LogP contribution in [-0.2, 0) is 38.0 Å². The molecule has 4 saturated heterocycles. The van der Waals surface area contributed by atoms with Gasteiger partial charge in [-0.3, -0.25) is 0 Å². The molecular weight excluding hydrogens is 1000 g/mol. The summed E-state index contributed by atoms with van der Waals surface area (Å²) in [6, 6.07) is 17.6. The van der Waals surface area contributed by atoms with Crippen molar-refractivity contribution in [3.05, 3.63) is 88.0 Å². The van der Waals surface area contributed by atoms with Crippen LogP contribution in [0.15, 0.2) is 65.8 Å². The summed E-state index contributed by atoms with van der Waals surface area (Å²) in [5.74, 6) is 1.13. The largest absolute Gasteiger partial charge is 0.458 e. The van der Waals surface area contributed by atoms with Crippen molar-refractivity contribution in [2.45, 2.75) is 210 Å². The Kier molecular flexibility index (Phi) is 17.1. The van der Waals surface area contributed by atoms with E-state index in [-0.39, 0.29) is 66.4 Å². The lowest BCUT2D eigenvalue weighted by atomic mass is 9.43. The smallest absolute Gasteiger partial charge is 0.331 e. The number of aliphatic hydroxyl groups is 5. The number of esters is 1. The minimum absolute atomic E-state index is 0. The molecule has 2 aromatic carbocycles. The van der Waals surface area contributed by atoms with Gasteiger partial charge in [-0.2, -0.15) is 0 Å². The minimum Gasteiger partial charge on any atom is -0.458 e. The van der Waals surface area contributed by atoms with Gasteiger partial charge in [0.25, 0.3) is 0 Å². The zero-order valence-electron chi connectivity index (χ0n) is 46.0. The molecule has 2 aromatic rings. The van der Waals surface area contributed by atoms with Crippen LogP contribution < -0.4 is 0 Å². The van der Waals surface area contributed by atoms with Crippen LogP contribution in [0.5, 0.6) is 0 Å². The highest BCUT2D eigenvalue weighted by atomic mass is 35.5. The highest BCUT2D eigenvalue weighted by molar-refractivity contribution is 5.95. The van der Waals surface area contributed by atoms with E-state index in [0.717, 1.165) is 76.5 Å². The molecular formula is C62H86ClNO13. The maximum absolute atomic E-state index is 12.6. The highest BCUT2D eigenvalue weighted by Crippen LogP contribution is 2.70. The van der Waals surface area contributed by atoms with Gasteiger partial charge in [0.2, 0.25) is 0 Å². The second-order valence-electron chi connectivity index (χ2n) is 25.0. The van der Waals surface area contributed by atoms with Crippen LogP contribution in [0, 0.1) is 34.5 Å². The average molecular weight is 1090 g/mol. The fourth-order valence-corrected chi connectivity index (χ4v) is 16.4. The number of ether oxygens (including phenoxy) is 7. The molecule has 10 aliphatic rings. The standard InChI is InChI=1S/C41H64O13.C21H21N.ClH/c1-20-36(46)29(42)16-34(49-20)53-38-22(3)51-35(18-31(38)44)54-37-21(2)50-33(17-30(37)43)52-25-8-11-39(4)24(15-25)6-7-28-27(39)9-12-40(5)26(10-13-41(28,40)47)23-14-32(45)48-19-23;1-22-14-12-18(13-15-22)21-19-8-4-2-6-16(19)10-11-17-7-3-5-9-20(17)21;/h14,20-22,24-31,33-38,42-44,46-47H,6-13,15-19H2,1-5H3;2-11H,12-15H2,1H3;1H/t20-,21-,22-,24-,25+,26-,27+,28-,29+,30+,31+,33+,34+,35+,36-,37-,38-,39+,40-,41+;;/m1../s1. The predicted octanol–water partition coefficient (Wildman–Crippen LogP) is 8.37. The highest BCUT2D eigenvalue weighted by Gasteiger charge is 2.68.